The highest BCUT2D eigenvalue weighted by Crippen LogP contribution is 2.30. The Morgan fingerprint density at radius 1 is 1.14 bits per heavy atom. The summed E-state index contributed by atoms with van der Waals surface area (Å²) in [4.78, 5) is 37.7. The van der Waals surface area contributed by atoms with Gasteiger partial charge in [-0.3, -0.25) is 19.8 Å². The first-order chi connectivity index (χ1) is 10.1. The van der Waals surface area contributed by atoms with E-state index in [1.54, 1.807) is 12.1 Å². The van der Waals surface area contributed by atoms with Gasteiger partial charge >= 0.3 is 6.03 Å². The third kappa shape index (κ3) is 2.55. The number of rotatable bonds is 3. The molecule has 1 N–H and O–H groups in total. The molecule has 1 heterocycles. The van der Waals surface area contributed by atoms with Crippen molar-refractivity contribution in [2.24, 2.45) is 5.92 Å². The van der Waals surface area contributed by atoms with Crippen LogP contribution < -0.4 is 5.32 Å². The van der Waals surface area contributed by atoms with Gasteiger partial charge in [0.05, 0.1) is 0 Å². The van der Waals surface area contributed by atoms with Crippen LogP contribution in [0.2, 0.25) is 0 Å². The Morgan fingerprint density at radius 3 is 2.38 bits per heavy atom. The summed E-state index contributed by atoms with van der Waals surface area (Å²) in [5.41, 5.74) is 1.69. The van der Waals surface area contributed by atoms with Crippen molar-refractivity contribution in [2.75, 3.05) is 6.54 Å². The van der Waals surface area contributed by atoms with Crippen molar-refractivity contribution in [3.05, 3.63) is 35.4 Å². The molecule has 0 aromatic heterocycles. The van der Waals surface area contributed by atoms with E-state index in [1.165, 1.54) is 4.90 Å². The standard InChI is InChI=1S/C16H18N2O3/c1-10-5-7-12(8-6-10)13-14(19)17-16(21)18(15(13)20)9-11-3-2-4-11/h5-8,11,13H,2-4,9H2,1H3,(H,17,19,21). The molecule has 1 aliphatic heterocycles. The van der Waals surface area contributed by atoms with E-state index in [1.807, 2.05) is 19.1 Å². The minimum absolute atomic E-state index is 0.381. The summed E-state index contributed by atoms with van der Waals surface area (Å²) in [7, 11) is 0. The topological polar surface area (TPSA) is 66.5 Å². The number of carbonyl (C=O) groups is 3. The van der Waals surface area contributed by atoms with Crippen LogP contribution in [0.4, 0.5) is 4.79 Å². The summed E-state index contributed by atoms with van der Waals surface area (Å²) >= 11 is 0. The number of imide groups is 2. The lowest BCUT2D eigenvalue weighted by atomic mass is 9.84. The number of carbonyl (C=O) groups excluding carboxylic acids is 3. The van der Waals surface area contributed by atoms with Gasteiger partial charge in [0, 0.05) is 6.54 Å². The maximum atomic E-state index is 12.6. The molecule has 3 rings (SSSR count). The zero-order chi connectivity index (χ0) is 15.0. The second-order valence-corrected chi connectivity index (χ2v) is 5.88. The van der Waals surface area contributed by atoms with Crippen LogP contribution in [0.3, 0.4) is 0 Å². The number of hydrogen-bond acceptors (Lipinski definition) is 3. The Morgan fingerprint density at radius 2 is 1.81 bits per heavy atom. The number of urea groups is 1. The molecule has 21 heavy (non-hydrogen) atoms. The largest absolute Gasteiger partial charge is 0.330 e. The molecule has 110 valence electrons. The maximum Gasteiger partial charge on any atom is 0.330 e. The molecule has 1 aliphatic carbocycles. The van der Waals surface area contributed by atoms with Crippen molar-refractivity contribution in [1.82, 2.24) is 10.2 Å². The van der Waals surface area contributed by atoms with Crippen LogP contribution >= 0.6 is 0 Å². The Bertz CT molecular complexity index is 590. The van der Waals surface area contributed by atoms with Crippen molar-refractivity contribution < 1.29 is 14.4 Å². The lowest BCUT2D eigenvalue weighted by molar-refractivity contribution is -0.139. The van der Waals surface area contributed by atoms with Gasteiger partial charge in [0.2, 0.25) is 11.8 Å². The van der Waals surface area contributed by atoms with Crippen LogP contribution in [0.5, 0.6) is 0 Å². The van der Waals surface area contributed by atoms with E-state index in [-0.39, 0.29) is 0 Å². The highest BCUT2D eigenvalue weighted by atomic mass is 16.2. The fraction of sp³-hybridized carbons (Fsp3) is 0.438. The molecule has 5 nitrogen and oxygen atoms in total. The first kappa shape index (κ1) is 13.8. The van der Waals surface area contributed by atoms with Gasteiger partial charge in [-0.25, -0.2) is 4.79 Å². The smallest absolute Gasteiger partial charge is 0.277 e. The van der Waals surface area contributed by atoms with Crippen molar-refractivity contribution in [3.8, 4) is 0 Å². The molecule has 0 spiro atoms. The summed E-state index contributed by atoms with van der Waals surface area (Å²) < 4.78 is 0. The second-order valence-electron chi connectivity index (χ2n) is 5.88. The predicted octanol–water partition coefficient (Wildman–Crippen LogP) is 1.96. The number of aryl methyl sites for hydroxylation is 1. The van der Waals surface area contributed by atoms with Crippen LogP contribution in [-0.2, 0) is 9.59 Å². The highest BCUT2D eigenvalue weighted by Gasteiger charge is 2.42. The fourth-order valence-corrected chi connectivity index (χ4v) is 2.77. The zero-order valence-corrected chi connectivity index (χ0v) is 12.0. The van der Waals surface area contributed by atoms with Crippen molar-refractivity contribution in [1.29, 1.82) is 0 Å². The normalized spacial score (nSPS) is 23.0. The molecule has 1 saturated carbocycles. The number of barbiturate groups is 1. The van der Waals surface area contributed by atoms with Crippen LogP contribution in [0.1, 0.15) is 36.3 Å². The van der Waals surface area contributed by atoms with E-state index in [9.17, 15) is 14.4 Å². The molecule has 1 aromatic rings. The van der Waals surface area contributed by atoms with Gasteiger partial charge in [-0.1, -0.05) is 36.2 Å². The van der Waals surface area contributed by atoms with E-state index >= 15 is 0 Å². The molecule has 1 saturated heterocycles. The first-order valence-corrected chi connectivity index (χ1v) is 7.29. The van der Waals surface area contributed by atoms with Gasteiger partial charge in [-0.05, 0) is 31.2 Å². The molecular formula is C16H18N2O3. The summed E-state index contributed by atoms with van der Waals surface area (Å²) in [5.74, 6) is -1.46. The Labute approximate surface area is 123 Å². The van der Waals surface area contributed by atoms with Gasteiger partial charge in [0.15, 0.2) is 0 Å². The summed E-state index contributed by atoms with van der Waals surface area (Å²) in [6, 6.07) is 6.69. The Kier molecular flexibility index (Phi) is 3.49. The molecule has 2 aliphatic rings. The van der Waals surface area contributed by atoms with Gasteiger partial charge in [-0.2, -0.15) is 0 Å². The van der Waals surface area contributed by atoms with E-state index in [0.29, 0.717) is 18.0 Å². The van der Waals surface area contributed by atoms with E-state index in [4.69, 9.17) is 0 Å². The molecule has 2 fully saturated rings. The monoisotopic (exact) mass is 286 g/mol. The van der Waals surface area contributed by atoms with Crippen LogP contribution in [0.15, 0.2) is 24.3 Å². The summed E-state index contributed by atoms with van der Waals surface area (Å²) in [6.45, 7) is 2.36. The molecule has 1 unspecified atom stereocenters. The zero-order valence-electron chi connectivity index (χ0n) is 12.0. The van der Waals surface area contributed by atoms with E-state index < -0.39 is 23.8 Å². The second kappa shape index (κ2) is 5.31. The molecule has 0 bridgehead atoms. The summed E-state index contributed by atoms with van der Waals surface area (Å²) in [5, 5.41) is 2.30. The van der Waals surface area contributed by atoms with Crippen LogP contribution in [-0.4, -0.2) is 29.3 Å². The number of nitrogens with zero attached hydrogens (tertiary/aromatic N) is 1. The summed E-state index contributed by atoms with van der Waals surface area (Å²) in [6.07, 6.45) is 3.23. The maximum absolute atomic E-state index is 12.6. The predicted molar refractivity (Wildman–Crippen MR) is 76.5 cm³/mol. The SMILES string of the molecule is Cc1ccc(C2C(=O)NC(=O)N(CC3CCC3)C2=O)cc1. The van der Waals surface area contributed by atoms with Crippen LogP contribution in [0.25, 0.3) is 0 Å². The molecule has 5 heteroatoms. The average Bonchev–Trinajstić information content (AvgIpc) is 2.38. The van der Waals surface area contributed by atoms with Crippen LogP contribution in [0, 0.1) is 12.8 Å². The number of hydrogen-bond donors (Lipinski definition) is 1. The molecule has 4 amide bonds. The number of nitrogens with one attached hydrogen (secondary N) is 1. The van der Waals surface area contributed by atoms with Crippen molar-refractivity contribution >= 4 is 17.8 Å². The van der Waals surface area contributed by atoms with Gasteiger partial charge in [0.25, 0.3) is 0 Å². The third-order valence-electron chi connectivity index (χ3n) is 4.33. The first-order valence-electron chi connectivity index (χ1n) is 7.29. The lowest BCUT2D eigenvalue weighted by Crippen LogP contribution is -2.58. The van der Waals surface area contributed by atoms with E-state index in [0.717, 1.165) is 24.8 Å². The Hall–Kier alpha value is -2.17. The minimum atomic E-state index is -0.914. The van der Waals surface area contributed by atoms with Crippen molar-refractivity contribution in [3.63, 3.8) is 0 Å². The minimum Gasteiger partial charge on any atom is -0.277 e. The third-order valence-corrected chi connectivity index (χ3v) is 4.33. The van der Waals surface area contributed by atoms with E-state index in [2.05, 4.69) is 5.32 Å². The average molecular weight is 286 g/mol. The number of benzene rings is 1. The Balaban J connectivity index is 1.84. The molecule has 1 aromatic carbocycles. The van der Waals surface area contributed by atoms with Crippen molar-refractivity contribution in [2.45, 2.75) is 32.1 Å². The number of amides is 4. The van der Waals surface area contributed by atoms with Gasteiger partial charge in [-0.15, -0.1) is 0 Å². The fourth-order valence-electron chi connectivity index (χ4n) is 2.77. The van der Waals surface area contributed by atoms with Gasteiger partial charge < -0.3 is 0 Å². The molecular weight excluding hydrogens is 268 g/mol. The lowest BCUT2D eigenvalue weighted by Gasteiger charge is -2.35. The molecule has 0 radical (unpaired) electrons. The highest BCUT2D eigenvalue weighted by molar-refractivity contribution is 6.19. The quantitative estimate of drug-likeness (QED) is 0.864. The molecule has 1 atom stereocenters. The van der Waals surface area contributed by atoms with Gasteiger partial charge in [0.1, 0.15) is 5.92 Å².